The number of rotatable bonds is 6. The van der Waals surface area contributed by atoms with Gasteiger partial charge in [0.1, 0.15) is 11.4 Å². The lowest BCUT2D eigenvalue weighted by Crippen LogP contribution is -2.30. The third-order valence-electron chi connectivity index (χ3n) is 5.86. The Morgan fingerprint density at radius 3 is 2.78 bits per heavy atom. The molecule has 7 nitrogen and oxygen atoms in total. The number of carbonyl (C=O) groups is 1. The van der Waals surface area contributed by atoms with Crippen LogP contribution in [0.4, 0.5) is 0 Å². The summed E-state index contributed by atoms with van der Waals surface area (Å²) >= 11 is 0. The molecule has 162 valence electrons. The van der Waals surface area contributed by atoms with Gasteiger partial charge in [-0.3, -0.25) is 9.48 Å². The third kappa shape index (κ3) is 4.01. The predicted octanol–water partition coefficient (Wildman–Crippen LogP) is 4.40. The first kappa shape index (κ1) is 20.1. The Bertz CT molecular complexity index is 1210. The minimum Gasteiger partial charge on any atom is -0.497 e. The molecular formula is C25H24N4O3. The van der Waals surface area contributed by atoms with E-state index in [9.17, 15) is 4.79 Å². The first-order valence-corrected chi connectivity index (χ1v) is 10.7. The van der Waals surface area contributed by atoms with Crippen LogP contribution in [0.15, 0.2) is 71.4 Å². The lowest BCUT2D eigenvalue weighted by Gasteiger charge is -2.23. The van der Waals surface area contributed by atoms with Crippen LogP contribution < -0.4 is 10.1 Å². The zero-order valence-corrected chi connectivity index (χ0v) is 17.8. The molecule has 2 heterocycles. The molecule has 2 aromatic heterocycles. The molecule has 1 aliphatic carbocycles. The van der Waals surface area contributed by atoms with Crippen LogP contribution in [-0.2, 0) is 13.0 Å². The number of hydrogen-bond donors (Lipinski definition) is 1. The molecule has 1 unspecified atom stereocenters. The number of fused-ring (bicyclic) bond motifs is 1. The lowest BCUT2D eigenvalue weighted by atomic mass is 9.92. The van der Waals surface area contributed by atoms with Gasteiger partial charge in [-0.1, -0.05) is 35.5 Å². The van der Waals surface area contributed by atoms with Crippen molar-refractivity contribution in [2.75, 3.05) is 7.11 Å². The monoisotopic (exact) mass is 428 g/mol. The van der Waals surface area contributed by atoms with Crippen LogP contribution in [0.2, 0.25) is 0 Å². The van der Waals surface area contributed by atoms with E-state index >= 15 is 0 Å². The van der Waals surface area contributed by atoms with Gasteiger partial charge >= 0.3 is 0 Å². The molecule has 4 aromatic rings. The summed E-state index contributed by atoms with van der Waals surface area (Å²) in [6.45, 7) is 0.726. The topological polar surface area (TPSA) is 82.2 Å². The number of amides is 1. The van der Waals surface area contributed by atoms with Crippen molar-refractivity contribution in [3.63, 3.8) is 0 Å². The van der Waals surface area contributed by atoms with E-state index in [1.54, 1.807) is 13.2 Å². The molecule has 0 aliphatic heterocycles. The van der Waals surface area contributed by atoms with E-state index in [4.69, 9.17) is 9.26 Å². The summed E-state index contributed by atoms with van der Waals surface area (Å²) in [6.07, 6.45) is 4.70. The van der Waals surface area contributed by atoms with E-state index in [1.807, 2.05) is 53.3 Å². The Morgan fingerprint density at radius 2 is 2.00 bits per heavy atom. The van der Waals surface area contributed by atoms with Crippen LogP contribution in [-0.4, -0.2) is 28.0 Å². The summed E-state index contributed by atoms with van der Waals surface area (Å²) in [5.41, 5.74) is 4.93. The first-order valence-electron chi connectivity index (χ1n) is 10.7. The largest absolute Gasteiger partial charge is 0.497 e. The molecule has 0 saturated heterocycles. The van der Waals surface area contributed by atoms with Gasteiger partial charge in [-0.2, -0.15) is 5.10 Å². The maximum Gasteiger partial charge on any atom is 0.290 e. The van der Waals surface area contributed by atoms with E-state index < -0.39 is 0 Å². The van der Waals surface area contributed by atoms with Crippen molar-refractivity contribution < 1.29 is 14.1 Å². The number of hydrogen-bond acceptors (Lipinski definition) is 5. The molecule has 0 bridgehead atoms. The van der Waals surface area contributed by atoms with E-state index in [0.29, 0.717) is 5.69 Å². The van der Waals surface area contributed by atoms with Crippen LogP contribution >= 0.6 is 0 Å². The average Bonchev–Trinajstić information content (AvgIpc) is 3.49. The normalized spacial score (nSPS) is 15.2. The van der Waals surface area contributed by atoms with Crippen molar-refractivity contribution in [3.05, 3.63) is 89.4 Å². The fourth-order valence-electron chi connectivity index (χ4n) is 4.17. The Labute approximate surface area is 186 Å². The summed E-state index contributed by atoms with van der Waals surface area (Å²) in [5.74, 6) is 0.682. The fourth-order valence-corrected chi connectivity index (χ4v) is 4.17. The molecule has 32 heavy (non-hydrogen) atoms. The van der Waals surface area contributed by atoms with E-state index in [1.165, 1.54) is 11.3 Å². The van der Waals surface area contributed by atoms with Gasteiger partial charge in [0.15, 0.2) is 0 Å². The van der Waals surface area contributed by atoms with E-state index in [0.717, 1.165) is 42.7 Å². The number of carbonyl (C=O) groups excluding carboxylic acids is 1. The molecule has 1 aliphatic rings. The maximum absolute atomic E-state index is 12.9. The van der Waals surface area contributed by atoms with Gasteiger partial charge in [-0.05, 0) is 49.1 Å². The number of methoxy groups -OCH3 is 1. The summed E-state index contributed by atoms with van der Waals surface area (Å²) < 4.78 is 12.6. The van der Waals surface area contributed by atoms with Gasteiger partial charge in [0.05, 0.1) is 25.9 Å². The molecule has 0 fully saturated rings. The summed E-state index contributed by atoms with van der Waals surface area (Å²) in [5, 5.41) is 11.8. The highest BCUT2D eigenvalue weighted by Crippen LogP contribution is 2.30. The number of benzene rings is 2. The molecular weight excluding hydrogens is 404 g/mol. The maximum atomic E-state index is 12.9. The number of aromatic nitrogens is 3. The van der Waals surface area contributed by atoms with Crippen LogP contribution in [0.1, 0.15) is 46.3 Å². The van der Waals surface area contributed by atoms with E-state index in [-0.39, 0.29) is 17.7 Å². The zero-order chi connectivity index (χ0) is 21.9. The Balaban J connectivity index is 1.30. The van der Waals surface area contributed by atoms with Crippen molar-refractivity contribution in [3.8, 4) is 17.0 Å². The molecule has 1 amide bonds. The van der Waals surface area contributed by atoms with Gasteiger partial charge in [-0.15, -0.1) is 0 Å². The van der Waals surface area contributed by atoms with Crippen molar-refractivity contribution in [2.24, 2.45) is 0 Å². The van der Waals surface area contributed by atoms with Gasteiger partial charge in [0, 0.05) is 22.9 Å². The molecule has 5 rings (SSSR count). The fraction of sp³-hybridized carbons (Fsp3) is 0.240. The van der Waals surface area contributed by atoms with Crippen LogP contribution in [0, 0.1) is 0 Å². The standard InChI is InChI=1S/C25H24N4O3/c1-31-19-12-10-18(11-13-19)22-14-24(32-28-22)25(30)27-21-8-5-9-23-20(21)15-26-29(23)16-17-6-3-2-4-7-17/h2-4,6-7,10-15,21H,5,8-9,16H2,1H3,(H,27,30). The second-order valence-electron chi connectivity index (χ2n) is 7.91. The highest BCUT2D eigenvalue weighted by Gasteiger charge is 2.27. The van der Waals surface area contributed by atoms with Crippen molar-refractivity contribution in [1.82, 2.24) is 20.3 Å². The highest BCUT2D eigenvalue weighted by molar-refractivity contribution is 5.92. The second kappa shape index (κ2) is 8.70. The van der Waals surface area contributed by atoms with Crippen molar-refractivity contribution in [1.29, 1.82) is 0 Å². The summed E-state index contributed by atoms with van der Waals surface area (Å²) in [6, 6.07) is 19.3. The predicted molar refractivity (Wildman–Crippen MR) is 119 cm³/mol. The SMILES string of the molecule is COc1ccc(-c2cc(C(=O)NC3CCCc4c3cnn4Cc3ccccc3)on2)cc1. The van der Waals surface area contributed by atoms with Crippen LogP contribution in [0.5, 0.6) is 5.75 Å². The number of nitrogens with zero attached hydrogens (tertiary/aromatic N) is 3. The van der Waals surface area contributed by atoms with Crippen LogP contribution in [0.3, 0.4) is 0 Å². The molecule has 0 spiro atoms. The third-order valence-corrected chi connectivity index (χ3v) is 5.86. The van der Waals surface area contributed by atoms with Crippen molar-refractivity contribution >= 4 is 5.91 Å². The Morgan fingerprint density at radius 1 is 1.19 bits per heavy atom. The zero-order valence-electron chi connectivity index (χ0n) is 17.8. The van der Waals surface area contributed by atoms with Gasteiger partial charge in [0.25, 0.3) is 5.91 Å². The first-order chi connectivity index (χ1) is 15.7. The molecule has 0 radical (unpaired) electrons. The Kier molecular flexibility index (Phi) is 5.46. The minimum absolute atomic E-state index is 0.0923. The second-order valence-corrected chi connectivity index (χ2v) is 7.91. The molecule has 1 N–H and O–H groups in total. The minimum atomic E-state index is -0.272. The van der Waals surface area contributed by atoms with Crippen LogP contribution in [0.25, 0.3) is 11.3 Å². The van der Waals surface area contributed by atoms with Crippen molar-refractivity contribution in [2.45, 2.75) is 31.8 Å². The molecule has 1 atom stereocenters. The number of nitrogens with one attached hydrogen (secondary N) is 1. The lowest BCUT2D eigenvalue weighted by molar-refractivity contribution is 0.0895. The quantitative estimate of drug-likeness (QED) is 0.492. The van der Waals surface area contributed by atoms with E-state index in [2.05, 4.69) is 27.7 Å². The summed E-state index contributed by atoms with van der Waals surface area (Å²) in [4.78, 5) is 12.9. The smallest absolute Gasteiger partial charge is 0.290 e. The molecule has 0 saturated carbocycles. The number of ether oxygens (including phenoxy) is 1. The van der Waals surface area contributed by atoms with Gasteiger partial charge < -0.3 is 14.6 Å². The van der Waals surface area contributed by atoms with Gasteiger partial charge in [0.2, 0.25) is 5.76 Å². The summed E-state index contributed by atoms with van der Waals surface area (Å²) in [7, 11) is 1.62. The van der Waals surface area contributed by atoms with Gasteiger partial charge in [-0.25, -0.2) is 0 Å². The highest BCUT2D eigenvalue weighted by atomic mass is 16.5. The molecule has 7 heteroatoms. The average molecular weight is 428 g/mol. The molecule has 2 aromatic carbocycles. The Hall–Kier alpha value is -3.87.